The van der Waals surface area contributed by atoms with Crippen molar-refractivity contribution in [2.24, 2.45) is 0 Å². The number of fused-ring (bicyclic) bond motifs is 1. The van der Waals surface area contributed by atoms with Crippen LogP contribution < -0.4 is 14.8 Å². The van der Waals surface area contributed by atoms with Crippen molar-refractivity contribution >= 4 is 16.9 Å². The first-order valence-corrected chi connectivity index (χ1v) is 9.45. The second-order valence-corrected chi connectivity index (χ2v) is 7.83. The molecule has 0 saturated carbocycles. The number of aromatic amines is 1. The maximum atomic E-state index is 5.93. The van der Waals surface area contributed by atoms with Gasteiger partial charge in [-0.15, -0.1) is 0 Å². The van der Waals surface area contributed by atoms with Gasteiger partial charge in [0.05, 0.1) is 12.5 Å². The van der Waals surface area contributed by atoms with Gasteiger partial charge in [0.1, 0.15) is 35.0 Å². The van der Waals surface area contributed by atoms with Crippen LogP contribution in [0.1, 0.15) is 20.8 Å². The summed E-state index contributed by atoms with van der Waals surface area (Å²) < 4.78 is 11.1. The molecule has 0 aliphatic rings. The first kappa shape index (κ1) is 18.8. The second-order valence-electron chi connectivity index (χ2n) is 7.83. The number of ether oxygens (including phenoxy) is 2. The number of nitrogens with one attached hydrogen (secondary N) is 2. The van der Waals surface area contributed by atoms with Crippen LogP contribution >= 0.6 is 0 Å². The summed E-state index contributed by atoms with van der Waals surface area (Å²) in [5.41, 5.74) is 2.81. The van der Waals surface area contributed by atoms with Crippen molar-refractivity contribution < 1.29 is 9.47 Å². The van der Waals surface area contributed by atoms with Crippen LogP contribution in [0.15, 0.2) is 61.1 Å². The first-order chi connectivity index (χ1) is 13.9. The SMILES string of the molecule is COc1ccc(Oc2ccc(-c3c[nH]c4ncnc(NC(C)(C)C)c34)cc2)cc1. The Morgan fingerprint density at radius 1 is 0.862 bits per heavy atom. The Kier molecular flexibility index (Phi) is 4.84. The lowest BCUT2D eigenvalue weighted by molar-refractivity contribution is 0.413. The van der Waals surface area contributed by atoms with Crippen molar-refractivity contribution in [3.05, 3.63) is 61.1 Å². The Labute approximate surface area is 169 Å². The smallest absolute Gasteiger partial charge is 0.143 e. The molecular weight excluding hydrogens is 364 g/mol. The maximum absolute atomic E-state index is 5.93. The number of hydrogen-bond donors (Lipinski definition) is 2. The Balaban J connectivity index is 1.62. The molecule has 6 nitrogen and oxygen atoms in total. The highest BCUT2D eigenvalue weighted by Crippen LogP contribution is 2.34. The molecule has 2 heterocycles. The molecule has 4 rings (SSSR count). The van der Waals surface area contributed by atoms with Crippen LogP contribution in [0.25, 0.3) is 22.2 Å². The zero-order valence-corrected chi connectivity index (χ0v) is 17.0. The van der Waals surface area contributed by atoms with E-state index in [0.29, 0.717) is 0 Å². The molecule has 0 aliphatic heterocycles. The van der Waals surface area contributed by atoms with Gasteiger partial charge in [0.15, 0.2) is 0 Å². The van der Waals surface area contributed by atoms with Gasteiger partial charge in [-0.1, -0.05) is 12.1 Å². The fourth-order valence-corrected chi connectivity index (χ4v) is 3.12. The Morgan fingerprint density at radius 2 is 1.48 bits per heavy atom. The fourth-order valence-electron chi connectivity index (χ4n) is 3.12. The zero-order valence-electron chi connectivity index (χ0n) is 17.0. The molecule has 0 fully saturated rings. The van der Waals surface area contributed by atoms with Gasteiger partial charge < -0.3 is 19.8 Å². The summed E-state index contributed by atoms with van der Waals surface area (Å²) in [5, 5.41) is 4.45. The van der Waals surface area contributed by atoms with Crippen LogP contribution in [0.5, 0.6) is 17.2 Å². The number of anilines is 1. The summed E-state index contributed by atoms with van der Waals surface area (Å²) in [6, 6.07) is 15.5. The predicted octanol–water partition coefficient (Wildman–Crippen LogP) is 5.64. The Morgan fingerprint density at radius 3 is 2.10 bits per heavy atom. The summed E-state index contributed by atoms with van der Waals surface area (Å²) in [4.78, 5) is 12.1. The van der Waals surface area contributed by atoms with Crippen molar-refractivity contribution in [3.8, 4) is 28.4 Å². The average molecular weight is 388 g/mol. The number of H-pyrrole nitrogens is 1. The molecule has 0 bridgehead atoms. The summed E-state index contributed by atoms with van der Waals surface area (Å²) in [7, 11) is 1.65. The van der Waals surface area contributed by atoms with Gasteiger partial charge in [-0.05, 0) is 62.7 Å². The molecule has 0 radical (unpaired) electrons. The van der Waals surface area contributed by atoms with E-state index in [9.17, 15) is 0 Å². The minimum absolute atomic E-state index is 0.105. The van der Waals surface area contributed by atoms with Gasteiger partial charge in [0, 0.05) is 17.3 Å². The van der Waals surface area contributed by atoms with Crippen LogP contribution in [0, 0.1) is 0 Å². The van der Waals surface area contributed by atoms with Gasteiger partial charge in [-0.3, -0.25) is 0 Å². The van der Waals surface area contributed by atoms with Crippen LogP contribution in [0.3, 0.4) is 0 Å². The third-order valence-corrected chi connectivity index (χ3v) is 4.42. The van der Waals surface area contributed by atoms with Gasteiger partial charge in [0.2, 0.25) is 0 Å². The molecule has 0 aliphatic carbocycles. The minimum atomic E-state index is -0.105. The van der Waals surface area contributed by atoms with Gasteiger partial charge in [-0.25, -0.2) is 9.97 Å². The molecule has 2 aromatic heterocycles. The molecule has 2 N–H and O–H groups in total. The molecule has 0 spiro atoms. The maximum Gasteiger partial charge on any atom is 0.143 e. The zero-order chi connectivity index (χ0) is 20.4. The first-order valence-electron chi connectivity index (χ1n) is 9.45. The lowest BCUT2D eigenvalue weighted by atomic mass is 10.0. The summed E-state index contributed by atoms with van der Waals surface area (Å²) in [5.74, 6) is 3.14. The molecular formula is C23H24N4O2. The topological polar surface area (TPSA) is 72.1 Å². The molecule has 0 saturated heterocycles. The standard InChI is InChI=1S/C23H24N4O2/c1-23(2,3)27-22-20-19(13-24-21(20)25-14-26-22)15-5-7-17(8-6-15)29-18-11-9-16(28-4)10-12-18/h5-14H,1-4H3,(H2,24,25,26,27). The van der Waals surface area contributed by atoms with E-state index in [1.54, 1.807) is 13.4 Å². The van der Waals surface area contributed by atoms with Crippen molar-refractivity contribution in [3.63, 3.8) is 0 Å². The molecule has 0 amide bonds. The van der Waals surface area contributed by atoms with E-state index in [1.165, 1.54) is 0 Å². The van der Waals surface area contributed by atoms with Crippen LogP contribution in [0.4, 0.5) is 5.82 Å². The average Bonchev–Trinajstić information content (AvgIpc) is 3.13. The molecule has 29 heavy (non-hydrogen) atoms. The van der Waals surface area contributed by atoms with Crippen LogP contribution in [-0.2, 0) is 0 Å². The Bertz CT molecular complexity index is 1110. The number of benzene rings is 2. The number of hydrogen-bond acceptors (Lipinski definition) is 5. The molecule has 4 aromatic rings. The lowest BCUT2D eigenvalue weighted by Crippen LogP contribution is -2.26. The van der Waals surface area contributed by atoms with Gasteiger partial charge in [-0.2, -0.15) is 0 Å². The molecule has 0 unspecified atom stereocenters. The van der Waals surface area contributed by atoms with E-state index in [0.717, 1.165) is 45.2 Å². The molecule has 2 aromatic carbocycles. The second kappa shape index (κ2) is 7.47. The number of aromatic nitrogens is 3. The van der Waals surface area contributed by atoms with Crippen molar-refractivity contribution in [1.29, 1.82) is 0 Å². The van der Waals surface area contributed by atoms with Gasteiger partial charge in [0.25, 0.3) is 0 Å². The van der Waals surface area contributed by atoms with E-state index in [4.69, 9.17) is 9.47 Å². The minimum Gasteiger partial charge on any atom is -0.497 e. The highest BCUT2D eigenvalue weighted by atomic mass is 16.5. The highest BCUT2D eigenvalue weighted by molar-refractivity contribution is 6.01. The number of nitrogens with zero attached hydrogens (tertiary/aromatic N) is 2. The van der Waals surface area contributed by atoms with E-state index in [1.807, 2.05) is 54.7 Å². The fraction of sp³-hybridized carbons (Fsp3) is 0.217. The largest absolute Gasteiger partial charge is 0.497 e. The normalized spacial score (nSPS) is 11.4. The van der Waals surface area contributed by atoms with Crippen molar-refractivity contribution in [2.75, 3.05) is 12.4 Å². The van der Waals surface area contributed by atoms with Gasteiger partial charge >= 0.3 is 0 Å². The van der Waals surface area contributed by atoms with E-state index in [-0.39, 0.29) is 5.54 Å². The number of methoxy groups -OCH3 is 1. The predicted molar refractivity (Wildman–Crippen MR) is 116 cm³/mol. The van der Waals surface area contributed by atoms with Crippen molar-refractivity contribution in [1.82, 2.24) is 15.0 Å². The third kappa shape index (κ3) is 4.16. The highest BCUT2D eigenvalue weighted by Gasteiger charge is 2.17. The lowest BCUT2D eigenvalue weighted by Gasteiger charge is -2.22. The van der Waals surface area contributed by atoms with Crippen molar-refractivity contribution in [2.45, 2.75) is 26.3 Å². The summed E-state index contributed by atoms with van der Waals surface area (Å²) in [6.07, 6.45) is 3.54. The Hall–Kier alpha value is -3.54. The molecule has 6 heteroatoms. The summed E-state index contributed by atoms with van der Waals surface area (Å²) >= 11 is 0. The van der Waals surface area contributed by atoms with Crippen LogP contribution in [0.2, 0.25) is 0 Å². The summed E-state index contributed by atoms with van der Waals surface area (Å²) in [6.45, 7) is 6.33. The van der Waals surface area contributed by atoms with E-state index >= 15 is 0 Å². The van der Waals surface area contributed by atoms with Crippen LogP contribution in [-0.4, -0.2) is 27.6 Å². The molecule has 148 valence electrons. The number of rotatable bonds is 5. The quantitative estimate of drug-likeness (QED) is 0.463. The van der Waals surface area contributed by atoms with E-state index < -0.39 is 0 Å². The monoisotopic (exact) mass is 388 g/mol. The molecule has 0 atom stereocenters. The van der Waals surface area contributed by atoms with E-state index in [2.05, 4.69) is 41.0 Å². The third-order valence-electron chi connectivity index (χ3n) is 4.42.